The van der Waals surface area contributed by atoms with Gasteiger partial charge >= 0.3 is 0 Å². The molecule has 4 aromatic rings. The number of Topliss-reactive ketones (excluding diaryl/α,β-unsaturated/α-hetero) is 1. The van der Waals surface area contributed by atoms with Crippen LogP contribution in [0.2, 0.25) is 5.02 Å². The predicted octanol–water partition coefficient (Wildman–Crippen LogP) is 4.33. The molecule has 0 amide bonds. The van der Waals surface area contributed by atoms with Crippen LogP contribution in [0.25, 0.3) is 27.6 Å². The van der Waals surface area contributed by atoms with Crippen LogP contribution in [0.1, 0.15) is 42.8 Å². The maximum atomic E-state index is 11.8. The molecule has 5 rings (SSSR count). The molecule has 1 aliphatic heterocycles. The summed E-state index contributed by atoms with van der Waals surface area (Å²) in [6.45, 7) is 2.27. The van der Waals surface area contributed by atoms with Crippen molar-refractivity contribution in [2.24, 2.45) is 0 Å². The lowest BCUT2D eigenvalue weighted by Gasteiger charge is -2.23. The Bertz CT molecular complexity index is 1210. The van der Waals surface area contributed by atoms with Gasteiger partial charge in [-0.3, -0.25) is 4.79 Å². The average Bonchev–Trinajstić information content (AvgIpc) is 3.32. The van der Waals surface area contributed by atoms with E-state index in [1.807, 2.05) is 29.1 Å². The molecular weight excluding hydrogens is 378 g/mol. The lowest BCUT2D eigenvalue weighted by atomic mass is 10.1. The van der Waals surface area contributed by atoms with Crippen molar-refractivity contribution in [1.29, 1.82) is 0 Å². The maximum Gasteiger partial charge on any atom is 0.159 e. The first-order valence-electron chi connectivity index (χ1n) is 9.27. The Balaban J connectivity index is 1.66. The summed E-state index contributed by atoms with van der Waals surface area (Å²) in [6.07, 6.45) is 4.97. The van der Waals surface area contributed by atoms with Crippen molar-refractivity contribution in [2.45, 2.75) is 32.4 Å². The lowest BCUT2D eigenvalue weighted by Crippen LogP contribution is -2.19. The predicted molar refractivity (Wildman–Crippen MR) is 106 cm³/mol. The van der Waals surface area contributed by atoms with Crippen molar-refractivity contribution in [3.05, 3.63) is 47.1 Å². The van der Waals surface area contributed by atoms with E-state index in [-0.39, 0.29) is 12.0 Å². The number of hydrogen-bond donors (Lipinski definition) is 0. The molecule has 1 unspecified atom stereocenters. The van der Waals surface area contributed by atoms with E-state index in [1.54, 1.807) is 16.8 Å². The molecular formula is C20H18ClN5O2. The van der Waals surface area contributed by atoms with Crippen LogP contribution in [0, 0.1) is 0 Å². The molecule has 1 saturated heterocycles. The number of nitrogens with zero attached hydrogens (tertiary/aromatic N) is 5. The van der Waals surface area contributed by atoms with Crippen LogP contribution in [0.4, 0.5) is 0 Å². The molecule has 0 aliphatic carbocycles. The van der Waals surface area contributed by atoms with Gasteiger partial charge in [0.1, 0.15) is 5.52 Å². The van der Waals surface area contributed by atoms with E-state index in [0.29, 0.717) is 21.6 Å². The lowest BCUT2D eigenvalue weighted by molar-refractivity contribution is -0.0366. The average molecular weight is 396 g/mol. The summed E-state index contributed by atoms with van der Waals surface area (Å²) >= 11 is 6.31. The minimum atomic E-state index is -0.0560. The van der Waals surface area contributed by atoms with Gasteiger partial charge in [-0.15, -0.1) is 5.10 Å². The zero-order valence-corrected chi connectivity index (χ0v) is 16.1. The topological polar surface area (TPSA) is 74.8 Å². The Kier molecular flexibility index (Phi) is 4.14. The Morgan fingerprint density at radius 2 is 2.11 bits per heavy atom. The normalized spacial score (nSPS) is 17.4. The van der Waals surface area contributed by atoms with E-state index in [1.165, 1.54) is 6.92 Å². The van der Waals surface area contributed by atoms with Crippen molar-refractivity contribution >= 4 is 39.3 Å². The summed E-state index contributed by atoms with van der Waals surface area (Å²) in [6, 6.07) is 9.38. The molecule has 2 aromatic carbocycles. The smallest absolute Gasteiger partial charge is 0.159 e. The Morgan fingerprint density at radius 3 is 2.89 bits per heavy atom. The fraction of sp³-hybridized carbons (Fsp3) is 0.300. The fourth-order valence-electron chi connectivity index (χ4n) is 3.68. The number of carbonyl (C=O) groups is 1. The van der Waals surface area contributed by atoms with Crippen LogP contribution in [-0.2, 0) is 4.74 Å². The molecule has 1 atom stereocenters. The number of aromatic nitrogens is 5. The number of fused-ring (bicyclic) bond motifs is 2. The highest BCUT2D eigenvalue weighted by molar-refractivity contribution is 6.35. The number of ether oxygens (including phenoxy) is 1. The fourth-order valence-corrected chi connectivity index (χ4v) is 3.93. The van der Waals surface area contributed by atoms with Gasteiger partial charge in [0.2, 0.25) is 0 Å². The summed E-state index contributed by atoms with van der Waals surface area (Å²) in [5.41, 5.74) is 3.59. The van der Waals surface area contributed by atoms with Gasteiger partial charge < -0.3 is 4.74 Å². The summed E-state index contributed by atoms with van der Waals surface area (Å²) in [7, 11) is 0. The van der Waals surface area contributed by atoms with Gasteiger partial charge in [-0.25, -0.2) is 9.36 Å². The molecule has 0 bridgehead atoms. The highest BCUT2D eigenvalue weighted by Crippen LogP contribution is 2.29. The molecule has 0 radical (unpaired) electrons. The van der Waals surface area contributed by atoms with Gasteiger partial charge in [-0.2, -0.15) is 5.10 Å². The third-order valence-corrected chi connectivity index (χ3v) is 5.46. The minimum absolute atomic E-state index is 0.0484. The molecule has 8 heteroatoms. The van der Waals surface area contributed by atoms with Gasteiger partial charge in [0.05, 0.1) is 27.9 Å². The van der Waals surface area contributed by atoms with Crippen LogP contribution < -0.4 is 0 Å². The Morgan fingerprint density at radius 1 is 1.21 bits per heavy atom. The van der Waals surface area contributed by atoms with Gasteiger partial charge in [0, 0.05) is 17.6 Å². The monoisotopic (exact) mass is 395 g/mol. The summed E-state index contributed by atoms with van der Waals surface area (Å²) in [4.78, 5) is 11.8. The first-order chi connectivity index (χ1) is 13.6. The Labute approximate surface area is 165 Å². The van der Waals surface area contributed by atoms with E-state index >= 15 is 0 Å². The maximum absolute atomic E-state index is 11.8. The zero-order valence-electron chi connectivity index (χ0n) is 15.3. The number of carbonyl (C=O) groups excluding carboxylic acids is 1. The second-order valence-electron chi connectivity index (χ2n) is 7.04. The van der Waals surface area contributed by atoms with Crippen molar-refractivity contribution in [1.82, 2.24) is 24.8 Å². The molecule has 1 aliphatic rings. The van der Waals surface area contributed by atoms with Crippen molar-refractivity contribution in [3.8, 4) is 5.69 Å². The van der Waals surface area contributed by atoms with Gasteiger partial charge in [0.25, 0.3) is 0 Å². The molecule has 142 valence electrons. The second-order valence-corrected chi connectivity index (χ2v) is 7.44. The summed E-state index contributed by atoms with van der Waals surface area (Å²) in [5.74, 6) is -0.0560. The highest BCUT2D eigenvalue weighted by Gasteiger charge is 2.19. The first-order valence-corrected chi connectivity index (χ1v) is 9.65. The van der Waals surface area contributed by atoms with E-state index in [0.717, 1.165) is 42.5 Å². The molecule has 0 N–H and O–H groups in total. The number of rotatable bonds is 3. The van der Waals surface area contributed by atoms with E-state index < -0.39 is 0 Å². The van der Waals surface area contributed by atoms with Crippen LogP contribution >= 0.6 is 11.6 Å². The largest absolute Gasteiger partial charge is 0.356 e. The van der Waals surface area contributed by atoms with Crippen molar-refractivity contribution in [2.75, 3.05) is 6.61 Å². The van der Waals surface area contributed by atoms with Gasteiger partial charge in [0.15, 0.2) is 12.0 Å². The van der Waals surface area contributed by atoms with Gasteiger partial charge in [-0.05, 0) is 56.5 Å². The molecule has 0 spiro atoms. The number of hydrogen-bond acceptors (Lipinski definition) is 5. The second kappa shape index (κ2) is 6.68. The van der Waals surface area contributed by atoms with Crippen LogP contribution in [0.15, 0.2) is 36.5 Å². The SMILES string of the molecule is CC(=O)c1cc(Cl)c2nnn(-c3ccc4cnn(C5CCCCO5)c4c3)c2c1. The molecule has 28 heavy (non-hydrogen) atoms. The third-order valence-electron chi connectivity index (χ3n) is 5.17. The molecule has 7 nitrogen and oxygen atoms in total. The van der Waals surface area contributed by atoms with Crippen molar-refractivity contribution < 1.29 is 9.53 Å². The summed E-state index contributed by atoms with van der Waals surface area (Å²) in [5, 5.41) is 14.4. The molecule has 1 fully saturated rings. The zero-order chi connectivity index (χ0) is 19.3. The summed E-state index contributed by atoms with van der Waals surface area (Å²) < 4.78 is 9.54. The van der Waals surface area contributed by atoms with E-state index in [2.05, 4.69) is 15.4 Å². The highest BCUT2D eigenvalue weighted by atomic mass is 35.5. The molecule has 3 heterocycles. The van der Waals surface area contributed by atoms with Crippen molar-refractivity contribution in [3.63, 3.8) is 0 Å². The quantitative estimate of drug-likeness (QED) is 0.483. The van der Waals surface area contributed by atoms with E-state index in [4.69, 9.17) is 16.3 Å². The minimum Gasteiger partial charge on any atom is -0.356 e. The molecule has 2 aromatic heterocycles. The number of benzene rings is 2. The van der Waals surface area contributed by atoms with E-state index in [9.17, 15) is 4.79 Å². The van der Waals surface area contributed by atoms with Crippen LogP contribution in [-0.4, -0.2) is 37.2 Å². The van der Waals surface area contributed by atoms with Crippen LogP contribution in [0.3, 0.4) is 0 Å². The number of halogens is 1. The molecule has 0 saturated carbocycles. The first kappa shape index (κ1) is 17.3. The standard InChI is InChI=1S/C20H18ClN5O2/c1-12(27)14-8-16(21)20-18(9-14)25(24-23-20)15-6-5-13-11-22-26(17(13)10-15)19-4-2-3-7-28-19/h5-6,8-11,19H,2-4,7H2,1H3. The van der Waals surface area contributed by atoms with Gasteiger partial charge in [-0.1, -0.05) is 16.8 Å². The number of ketones is 1. The van der Waals surface area contributed by atoms with Crippen LogP contribution in [0.5, 0.6) is 0 Å². The third kappa shape index (κ3) is 2.78. The Hall–Kier alpha value is -2.77.